The van der Waals surface area contributed by atoms with Crippen LogP contribution in [0.3, 0.4) is 0 Å². The second-order valence-electron chi connectivity index (χ2n) is 10.5. The number of nitrogen functional groups attached to an aromatic ring is 1. The first kappa shape index (κ1) is 22.7. The maximum Gasteiger partial charge on any atom is 0.201 e. The number of fused-ring (bicyclic) bond motifs is 1. The number of ketones is 1. The molecule has 6 heteroatoms. The van der Waals surface area contributed by atoms with E-state index in [1.54, 1.807) is 0 Å². The number of imidazole rings is 1. The van der Waals surface area contributed by atoms with Crippen molar-refractivity contribution in [2.45, 2.75) is 76.7 Å². The Balaban J connectivity index is 1.76. The number of hydrogen-bond donors (Lipinski definition) is 1. The largest absolute Gasteiger partial charge is 0.403 e. The summed E-state index contributed by atoms with van der Waals surface area (Å²) in [4.78, 5) is 18.4. The molecule has 1 atom stereocenters. The standard InChI is InChI=1S/C26H35N3O2Si/c1-26(2,3)32(4,5)31-24(18-11-7-6-8-12-18)23(30)19-15-16-21-22(17-19)29(25(27)28-21)20-13-9-10-14-20/h6-8,11-12,15-17,20,24H,9-10,13-14H2,1-5H3,(H2,27,28). The van der Waals surface area contributed by atoms with Crippen LogP contribution in [0.1, 0.15) is 74.5 Å². The molecule has 1 aliphatic rings. The zero-order valence-electron chi connectivity index (χ0n) is 19.9. The van der Waals surface area contributed by atoms with E-state index in [-0.39, 0.29) is 10.8 Å². The molecule has 170 valence electrons. The average Bonchev–Trinajstić information content (AvgIpc) is 3.37. The normalized spacial score (nSPS) is 16.5. The van der Waals surface area contributed by atoms with Crippen LogP contribution in [0.15, 0.2) is 48.5 Å². The summed E-state index contributed by atoms with van der Waals surface area (Å²) >= 11 is 0. The lowest BCUT2D eigenvalue weighted by molar-refractivity contribution is 0.0767. The van der Waals surface area contributed by atoms with Crippen LogP contribution in [0.5, 0.6) is 0 Å². The molecule has 3 aromatic rings. The fraction of sp³-hybridized carbons (Fsp3) is 0.462. The summed E-state index contributed by atoms with van der Waals surface area (Å²) in [5.41, 5.74) is 9.61. The highest BCUT2D eigenvalue weighted by atomic mass is 28.4. The van der Waals surface area contributed by atoms with E-state index in [1.807, 2.05) is 48.5 Å². The molecule has 1 fully saturated rings. The summed E-state index contributed by atoms with van der Waals surface area (Å²) < 4.78 is 8.82. The minimum Gasteiger partial charge on any atom is -0.403 e. The van der Waals surface area contributed by atoms with E-state index >= 15 is 0 Å². The van der Waals surface area contributed by atoms with E-state index < -0.39 is 14.4 Å². The van der Waals surface area contributed by atoms with Gasteiger partial charge in [0, 0.05) is 11.6 Å². The van der Waals surface area contributed by atoms with Gasteiger partial charge in [0.15, 0.2) is 14.1 Å². The number of benzene rings is 2. The first-order valence-corrected chi connectivity index (χ1v) is 14.5. The maximum atomic E-state index is 13.9. The molecule has 0 saturated heterocycles. The maximum absolute atomic E-state index is 13.9. The predicted octanol–water partition coefficient (Wildman–Crippen LogP) is 6.68. The van der Waals surface area contributed by atoms with Crippen molar-refractivity contribution < 1.29 is 9.22 Å². The second-order valence-corrected chi connectivity index (χ2v) is 15.3. The molecule has 0 spiro atoms. The van der Waals surface area contributed by atoms with Gasteiger partial charge in [0.05, 0.1) is 11.0 Å². The molecule has 4 rings (SSSR count). The van der Waals surface area contributed by atoms with Crippen molar-refractivity contribution in [2.24, 2.45) is 0 Å². The molecule has 5 nitrogen and oxygen atoms in total. The van der Waals surface area contributed by atoms with Crippen LogP contribution >= 0.6 is 0 Å². The van der Waals surface area contributed by atoms with Crippen LogP contribution in [0, 0.1) is 0 Å². The lowest BCUT2D eigenvalue weighted by Gasteiger charge is -2.39. The Labute approximate surface area is 192 Å². The lowest BCUT2D eigenvalue weighted by Crippen LogP contribution is -2.43. The van der Waals surface area contributed by atoms with Crippen LogP contribution in [0.4, 0.5) is 5.95 Å². The Hall–Kier alpha value is -2.44. The first-order chi connectivity index (χ1) is 15.1. The Morgan fingerprint density at radius 3 is 2.41 bits per heavy atom. The van der Waals surface area contributed by atoms with Gasteiger partial charge in [-0.1, -0.05) is 63.9 Å². The summed E-state index contributed by atoms with van der Waals surface area (Å²) in [6.07, 6.45) is 4.00. The number of nitrogens with two attached hydrogens (primary N) is 1. The van der Waals surface area contributed by atoms with Gasteiger partial charge in [0.1, 0.15) is 6.10 Å². The zero-order chi connectivity index (χ0) is 23.1. The van der Waals surface area contributed by atoms with Gasteiger partial charge in [0.25, 0.3) is 0 Å². The van der Waals surface area contributed by atoms with E-state index in [1.165, 1.54) is 12.8 Å². The van der Waals surface area contributed by atoms with Gasteiger partial charge >= 0.3 is 0 Å². The minimum absolute atomic E-state index is 0.000190. The van der Waals surface area contributed by atoms with Crippen molar-refractivity contribution in [3.63, 3.8) is 0 Å². The molecule has 0 bridgehead atoms. The number of carbonyl (C=O) groups excluding carboxylic acids is 1. The molecule has 1 aromatic heterocycles. The molecular weight excluding hydrogens is 414 g/mol. The molecule has 1 heterocycles. The average molecular weight is 450 g/mol. The first-order valence-electron chi connectivity index (χ1n) is 11.6. The van der Waals surface area contributed by atoms with E-state index in [4.69, 9.17) is 10.2 Å². The third-order valence-electron chi connectivity index (χ3n) is 7.25. The quantitative estimate of drug-likeness (QED) is 0.336. The van der Waals surface area contributed by atoms with Crippen molar-refractivity contribution in [2.75, 3.05) is 5.73 Å². The highest BCUT2D eigenvalue weighted by Gasteiger charge is 2.41. The Morgan fingerprint density at radius 2 is 1.78 bits per heavy atom. The molecule has 1 saturated carbocycles. The molecule has 0 aliphatic heterocycles. The number of hydrogen-bond acceptors (Lipinski definition) is 4. The second kappa shape index (κ2) is 8.48. The van der Waals surface area contributed by atoms with Crippen LogP contribution in [0.25, 0.3) is 11.0 Å². The minimum atomic E-state index is -2.19. The van der Waals surface area contributed by atoms with Crippen LogP contribution < -0.4 is 5.73 Å². The summed E-state index contributed by atoms with van der Waals surface area (Å²) in [5, 5.41) is -0.000190. The number of rotatable bonds is 6. The summed E-state index contributed by atoms with van der Waals surface area (Å²) in [7, 11) is -2.19. The topological polar surface area (TPSA) is 70.1 Å². The number of Topliss-reactive ketones (excluding diaryl/α,β-unsaturated/α-hetero) is 1. The van der Waals surface area contributed by atoms with Crippen molar-refractivity contribution in [1.29, 1.82) is 0 Å². The fourth-order valence-electron chi connectivity index (χ4n) is 4.33. The molecule has 2 aromatic carbocycles. The van der Waals surface area contributed by atoms with Crippen molar-refractivity contribution in [3.05, 3.63) is 59.7 Å². The zero-order valence-corrected chi connectivity index (χ0v) is 20.9. The van der Waals surface area contributed by atoms with E-state index in [0.717, 1.165) is 29.4 Å². The Morgan fingerprint density at radius 1 is 1.12 bits per heavy atom. The molecule has 32 heavy (non-hydrogen) atoms. The molecule has 1 aliphatic carbocycles. The van der Waals surface area contributed by atoms with Gasteiger partial charge in [0.2, 0.25) is 5.95 Å². The van der Waals surface area contributed by atoms with Crippen molar-refractivity contribution >= 4 is 31.1 Å². The predicted molar refractivity (Wildman–Crippen MR) is 133 cm³/mol. The lowest BCUT2D eigenvalue weighted by atomic mass is 9.99. The van der Waals surface area contributed by atoms with Crippen LogP contribution in [0.2, 0.25) is 18.1 Å². The highest BCUT2D eigenvalue weighted by molar-refractivity contribution is 6.74. The van der Waals surface area contributed by atoms with Crippen molar-refractivity contribution in [1.82, 2.24) is 9.55 Å². The number of anilines is 1. The third kappa shape index (κ3) is 4.26. The van der Waals surface area contributed by atoms with Gasteiger partial charge in [-0.3, -0.25) is 4.79 Å². The molecule has 0 amide bonds. The van der Waals surface area contributed by atoms with E-state index in [0.29, 0.717) is 17.6 Å². The van der Waals surface area contributed by atoms with Gasteiger partial charge < -0.3 is 14.7 Å². The SMILES string of the molecule is CC(C)(C)[Si](C)(C)OC(C(=O)c1ccc2nc(N)n(C3CCCC3)c2c1)c1ccccc1. The van der Waals surface area contributed by atoms with E-state index in [2.05, 4.69) is 43.4 Å². The smallest absolute Gasteiger partial charge is 0.201 e. The highest BCUT2D eigenvalue weighted by Crippen LogP contribution is 2.41. The molecular formula is C26H35N3O2Si. The summed E-state index contributed by atoms with van der Waals surface area (Å²) in [6.45, 7) is 11.0. The molecule has 2 N–H and O–H groups in total. The number of aromatic nitrogens is 2. The summed E-state index contributed by atoms with van der Waals surface area (Å²) in [6, 6.07) is 16.0. The van der Waals surface area contributed by atoms with Gasteiger partial charge in [-0.05, 0) is 54.7 Å². The molecule has 0 radical (unpaired) electrons. The Bertz CT molecular complexity index is 1110. The van der Waals surface area contributed by atoms with Crippen LogP contribution in [-0.2, 0) is 4.43 Å². The number of carbonyl (C=O) groups is 1. The Kier molecular flexibility index (Phi) is 6.03. The van der Waals surface area contributed by atoms with Gasteiger partial charge in [-0.25, -0.2) is 4.98 Å². The van der Waals surface area contributed by atoms with Crippen molar-refractivity contribution in [3.8, 4) is 0 Å². The number of nitrogens with zero attached hydrogens (tertiary/aromatic N) is 2. The van der Waals surface area contributed by atoms with Gasteiger partial charge in [-0.15, -0.1) is 0 Å². The van der Waals surface area contributed by atoms with Gasteiger partial charge in [-0.2, -0.15) is 0 Å². The third-order valence-corrected chi connectivity index (χ3v) is 11.7. The fourth-order valence-corrected chi connectivity index (χ4v) is 5.52. The van der Waals surface area contributed by atoms with Crippen LogP contribution in [-0.4, -0.2) is 23.7 Å². The summed E-state index contributed by atoms with van der Waals surface area (Å²) in [5.74, 6) is 0.523. The van der Waals surface area contributed by atoms with E-state index in [9.17, 15) is 4.79 Å². The monoisotopic (exact) mass is 449 g/mol. The molecule has 1 unspecified atom stereocenters.